The molecular weight excluding hydrogens is 325 g/mol. The van der Waals surface area contributed by atoms with Crippen molar-refractivity contribution in [1.82, 2.24) is 0 Å². The highest BCUT2D eigenvalue weighted by Crippen LogP contribution is 2.48. The van der Waals surface area contributed by atoms with Crippen LogP contribution < -0.4 is 5.73 Å². The van der Waals surface area contributed by atoms with Crippen LogP contribution in [-0.2, 0) is 9.36 Å². The average molecular weight is 355 g/mol. The summed E-state index contributed by atoms with van der Waals surface area (Å²) in [5, 5.41) is 9.31. The lowest BCUT2D eigenvalue weighted by Gasteiger charge is -2.27. The molecule has 1 rings (SSSR count). The maximum Gasteiger partial charge on any atom is 0.307 e. The highest BCUT2D eigenvalue weighted by molar-refractivity contribution is 7.58. The molecule has 6 heteroatoms. The maximum atomic E-state index is 12.7. The van der Waals surface area contributed by atoms with Gasteiger partial charge in [-0.2, -0.15) is 0 Å². The van der Waals surface area contributed by atoms with E-state index in [9.17, 15) is 19.4 Å². The molecule has 0 saturated carbocycles. The zero-order chi connectivity index (χ0) is 18.2. The molecule has 1 aromatic rings. The highest BCUT2D eigenvalue weighted by atomic mass is 31.2. The number of carbonyl (C=O) groups is 1. The van der Waals surface area contributed by atoms with Gasteiger partial charge in [0.2, 0.25) is 7.37 Å². The molecule has 0 spiro atoms. The first kappa shape index (κ1) is 20.9. The Labute approximate surface area is 144 Å². The minimum Gasteiger partial charge on any atom is -0.481 e. The summed E-state index contributed by atoms with van der Waals surface area (Å²) in [7, 11) is -3.59. The zero-order valence-corrected chi connectivity index (χ0v) is 15.5. The van der Waals surface area contributed by atoms with Gasteiger partial charge < -0.3 is 15.7 Å². The van der Waals surface area contributed by atoms with Gasteiger partial charge in [-0.3, -0.25) is 9.36 Å². The van der Waals surface area contributed by atoms with E-state index in [1.807, 2.05) is 44.2 Å². The first-order valence-electron chi connectivity index (χ1n) is 8.64. The van der Waals surface area contributed by atoms with Gasteiger partial charge >= 0.3 is 5.97 Å². The van der Waals surface area contributed by atoms with Crippen molar-refractivity contribution >= 4 is 13.3 Å². The number of aliphatic carboxylic acids is 1. The van der Waals surface area contributed by atoms with E-state index in [0.717, 1.165) is 18.4 Å². The van der Waals surface area contributed by atoms with Crippen molar-refractivity contribution in [1.29, 1.82) is 0 Å². The number of nitrogens with two attached hydrogens (primary N) is 1. The predicted octanol–water partition coefficient (Wildman–Crippen LogP) is 3.67. The first-order valence-corrected chi connectivity index (χ1v) is 10.7. The Morgan fingerprint density at radius 3 is 2.33 bits per heavy atom. The lowest BCUT2D eigenvalue weighted by molar-refractivity contribution is -0.141. The second kappa shape index (κ2) is 9.97. The summed E-state index contributed by atoms with van der Waals surface area (Å²) in [5.41, 5.74) is 7.11. The molecule has 4 atom stereocenters. The monoisotopic (exact) mass is 355 g/mol. The fourth-order valence-corrected chi connectivity index (χ4v) is 5.22. The molecule has 0 amide bonds. The quantitative estimate of drug-likeness (QED) is 0.526. The molecule has 0 bridgehead atoms. The molecule has 4 unspecified atom stereocenters. The summed E-state index contributed by atoms with van der Waals surface area (Å²) in [5.74, 6) is -2.00. The zero-order valence-electron chi connectivity index (χ0n) is 14.6. The van der Waals surface area contributed by atoms with Gasteiger partial charge in [-0.15, -0.1) is 0 Å². The molecule has 0 radical (unpaired) electrons. The minimum absolute atomic E-state index is 0.0297. The summed E-state index contributed by atoms with van der Waals surface area (Å²) in [6.45, 7) is 3.92. The number of rotatable bonds is 11. The molecule has 0 aliphatic carbocycles. The van der Waals surface area contributed by atoms with Crippen LogP contribution >= 0.6 is 7.37 Å². The van der Waals surface area contributed by atoms with Gasteiger partial charge in [-0.05, 0) is 18.4 Å². The molecule has 24 heavy (non-hydrogen) atoms. The molecule has 4 N–H and O–H groups in total. The van der Waals surface area contributed by atoms with Crippen molar-refractivity contribution in [2.75, 3.05) is 12.3 Å². The Morgan fingerprint density at radius 1 is 1.21 bits per heavy atom. The maximum absolute atomic E-state index is 12.7. The van der Waals surface area contributed by atoms with E-state index >= 15 is 0 Å². The van der Waals surface area contributed by atoms with Gasteiger partial charge in [0.15, 0.2) is 0 Å². The van der Waals surface area contributed by atoms with Crippen molar-refractivity contribution in [2.24, 2.45) is 11.7 Å². The topological polar surface area (TPSA) is 101 Å². The largest absolute Gasteiger partial charge is 0.481 e. The van der Waals surface area contributed by atoms with E-state index < -0.39 is 19.3 Å². The molecule has 5 nitrogen and oxygen atoms in total. The molecule has 0 heterocycles. The third kappa shape index (κ3) is 6.76. The summed E-state index contributed by atoms with van der Waals surface area (Å²) in [6.07, 6.45) is 2.59. The fraction of sp³-hybridized carbons (Fsp3) is 0.611. The number of hydrogen-bond acceptors (Lipinski definition) is 3. The second-order valence-electron chi connectivity index (χ2n) is 6.48. The number of carboxylic acid groups (broad SMARTS) is 1. The van der Waals surface area contributed by atoms with Crippen molar-refractivity contribution < 1.29 is 19.4 Å². The lowest BCUT2D eigenvalue weighted by Crippen LogP contribution is -2.31. The van der Waals surface area contributed by atoms with E-state index in [4.69, 9.17) is 5.73 Å². The third-order valence-electron chi connectivity index (χ3n) is 4.46. The molecular formula is C18H30NO4P. The second-order valence-corrected chi connectivity index (χ2v) is 8.90. The number of unbranched alkanes of at least 4 members (excludes halogenated alkanes) is 1. The van der Waals surface area contributed by atoms with E-state index in [1.165, 1.54) is 0 Å². The van der Waals surface area contributed by atoms with Gasteiger partial charge in [0, 0.05) is 24.3 Å². The van der Waals surface area contributed by atoms with E-state index in [1.54, 1.807) is 0 Å². The van der Waals surface area contributed by atoms with Crippen LogP contribution in [0.5, 0.6) is 0 Å². The van der Waals surface area contributed by atoms with E-state index in [2.05, 4.69) is 0 Å². The number of benzene rings is 1. The van der Waals surface area contributed by atoms with Gasteiger partial charge in [0.1, 0.15) is 0 Å². The van der Waals surface area contributed by atoms with Crippen molar-refractivity contribution in [3.05, 3.63) is 35.9 Å². The van der Waals surface area contributed by atoms with Crippen LogP contribution in [0.3, 0.4) is 0 Å². The van der Waals surface area contributed by atoms with E-state index in [-0.39, 0.29) is 24.3 Å². The third-order valence-corrected chi connectivity index (χ3v) is 6.43. The van der Waals surface area contributed by atoms with Crippen molar-refractivity contribution in [2.45, 2.75) is 51.5 Å². The van der Waals surface area contributed by atoms with Crippen LogP contribution in [0.1, 0.15) is 51.0 Å². The van der Waals surface area contributed by atoms with E-state index in [0.29, 0.717) is 12.8 Å². The number of hydrogen-bond donors (Lipinski definition) is 3. The Bertz CT molecular complexity index is 549. The Hall–Kier alpha value is -1.16. The van der Waals surface area contributed by atoms with Crippen LogP contribution in [0.2, 0.25) is 0 Å². The standard InChI is InChI=1S/C18H30NO4P/c1-3-5-9-15(18(20)21)12-24(22,23)13-16(17(19)4-2)14-10-7-6-8-11-14/h6-8,10-11,15-17H,3-5,9,12-13,19H2,1-2H3,(H,20,21)(H,22,23). The molecule has 0 saturated heterocycles. The van der Waals surface area contributed by atoms with Crippen LogP contribution in [0.4, 0.5) is 0 Å². The highest BCUT2D eigenvalue weighted by Gasteiger charge is 2.33. The first-order chi connectivity index (χ1) is 11.3. The summed E-state index contributed by atoms with van der Waals surface area (Å²) in [6, 6.07) is 9.24. The molecule has 136 valence electrons. The van der Waals surface area contributed by atoms with Crippen LogP contribution in [-0.4, -0.2) is 34.3 Å². The Morgan fingerprint density at radius 2 is 1.83 bits per heavy atom. The lowest BCUT2D eigenvalue weighted by atomic mass is 9.92. The average Bonchev–Trinajstić information content (AvgIpc) is 2.56. The Kier molecular flexibility index (Phi) is 8.68. The summed E-state index contributed by atoms with van der Waals surface area (Å²) >= 11 is 0. The van der Waals surface area contributed by atoms with Crippen molar-refractivity contribution in [3.63, 3.8) is 0 Å². The van der Waals surface area contributed by atoms with Gasteiger partial charge in [-0.1, -0.05) is 57.0 Å². The summed E-state index contributed by atoms with van der Waals surface area (Å²) in [4.78, 5) is 21.8. The van der Waals surface area contributed by atoms with Crippen LogP contribution in [0.25, 0.3) is 0 Å². The van der Waals surface area contributed by atoms with Crippen molar-refractivity contribution in [3.8, 4) is 0 Å². The normalized spacial score (nSPS) is 17.7. The SMILES string of the molecule is CCCCC(CP(=O)(O)CC(c1ccccc1)C(N)CC)C(=O)O. The molecule has 1 aromatic carbocycles. The molecule has 0 aliphatic rings. The predicted molar refractivity (Wildman–Crippen MR) is 97.7 cm³/mol. The van der Waals surface area contributed by atoms with Crippen LogP contribution in [0.15, 0.2) is 30.3 Å². The van der Waals surface area contributed by atoms with Gasteiger partial charge in [0.05, 0.1) is 5.92 Å². The molecule has 0 aliphatic heterocycles. The fourth-order valence-electron chi connectivity index (χ4n) is 2.94. The van der Waals surface area contributed by atoms with Crippen LogP contribution in [0, 0.1) is 5.92 Å². The molecule has 0 aromatic heterocycles. The van der Waals surface area contributed by atoms with Gasteiger partial charge in [0.25, 0.3) is 0 Å². The Balaban J connectivity index is 2.90. The summed E-state index contributed by atoms with van der Waals surface area (Å²) < 4.78 is 12.7. The van der Waals surface area contributed by atoms with Gasteiger partial charge in [-0.25, -0.2) is 0 Å². The molecule has 0 fully saturated rings. The smallest absolute Gasteiger partial charge is 0.307 e. The number of carboxylic acids is 1. The minimum atomic E-state index is -3.59.